The van der Waals surface area contributed by atoms with Crippen LogP contribution in [-0.4, -0.2) is 35.4 Å². The van der Waals surface area contributed by atoms with Gasteiger partial charge in [0.2, 0.25) is 5.91 Å². The molecular formula is C17H21N7O. The lowest BCUT2D eigenvalue weighted by atomic mass is 10.1. The number of aromatic nitrogens is 6. The van der Waals surface area contributed by atoms with E-state index in [1.54, 1.807) is 28.1 Å². The minimum absolute atomic E-state index is 0.0117. The van der Waals surface area contributed by atoms with Gasteiger partial charge in [0.1, 0.15) is 12.7 Å². The number of amides is 1. The number of carbonyl (C=O) groups is 1. The van der Waals surface area contributed by atoms with Crippen molar-refractivity contribution in [1.29, 1.82) is 0 Å². The number of aryl methyl sites for hydroxylation is 1. The third-order valence-electron chi connectivity index (χ3n) is 4.02. The van der Waals surface area contributed by atoms with Crippen LogP contribution in [0.25, 0.3) is 5.82 Å². The molecule has 1 amide bonds. The Morgan fingerprint density at radius 2 is 2.20 bits per heavy atom. The number of hydrogen-bond acceptors (Lipinski definition) is 5. The van der Waals surface area contributed by atoms with Gasteiger partial charge in [-0.1, -0.05) is 6.07 Å². The van der Waals surface area contributed by atoms with Gasteiger partial charge in [0.25, 0.3) is 0 Å². The first kappa shape index (κ1) is 16.8. The summed E-state index contributed by atoms with van der Waals surface area (Å²) >= 11 is 0. The first-order valence-electron chi connectivity index (χ1n) is 8.23. The second-order valence-corrected chi connectivity index (χ2v) is 5.84. The fourth-order valence-electron chi connectivity index (χ4n) is 2.70. The number of nitrogens with one attached hydrogen (secondary N) is 1. The van der Waals surface area contributed by atoms with Gasteiger partial charge in [-0.3, -0.25) is 9.48 Å². The van der Waals surface area contributed by atoms with Crippen molar-refractivity contribution < 1.29 is 4.79 Å². The standard InChI is InChI=1S/C17H21N7O/c1-13(22-17(25)7-5-9-23-12-18-11-21-23)15-10-20-24(14(15)2)16-6-3-4-8-19-16/h3-4,6,8,10-13H,5,7,9H2,1-2H3,(H,22,25)/t13-/m1/s1. The molecule has 0 aliphatic heterocycles. The molecule has 25 heavy (non-hydrogen) atoms. The summed E-state index contributed by atoms with van der Waals surface area (Å²) in [5.41, 5.74) is 1.95. The molecule has 0 unspecified atom stereocenters. The highest BCUT2D eigenvalue weighted by atomic mass is 16.1. The van der Waals surface area contributed by atoms with Gasteiger partial charge in [0, 0.05) is 30.4 Å². The van der Waals surface area contributed by atoms with Crippen molar-refractivity contribution in [1.82, 2.24) is 34.8 Å². The number of nitrogens with zero attached hydrogens (tertiary/aromatic N) is 6. The SMILES string of the molecule is Cc1c([C@@H](C)NC(=O)CCCn2cncn2)cnn1-c1ccccn1. The van der Waals surface area contributed by atoms with Crippen LogP contribution in [0.15, 0.2) is 43.2 Å². The molecule has 3 heterocycles. The van der Waals surface area contributed by atoms with Crippen molar-refractivity contribution in [2.75, 3.05) is 0 Å². The lowest BCUT2D eigenvalue weighted by molar-refractivity contribution is -0.121. The second kappa shape index (κ2) is 7.69. The quantitative estimate of drug-likeness (QED) is 0.709. The average molecular weight is 339 g/mol. The van der Waals surface area contributed by atoms with Gasteiger partial charge in [-0.05, 0) is 32.4 Å². The van der Waals surface area contributed by atoms with E-state index in [2.05, 4.69) is 25.5 Å². The Balaban J connectivity index is 1.57. The topological polar surface area (TPSA) is 90.5 Å². The summed E-state index contributed by atoms with van der Waals surface area (Å²) in [6.45, 7) is 4.62. The first-order chi connectivity index (χ1) is 12.1. The van der Waals surface area contributed by atoms with Gasteiger partial charge in [-0.15, -0.1) is 0 Å². The lowest BCUT2D eigenvalue weighted by Crippen LogP contribution is -2.27. The fourth-order valence-corrected chi connectivity index (χ4v) is 2.70. The zero-order valence-corrected chi connectivity index (χ0v) is 14.3. The van der Waals surface area contributed by atoms with Crippen LogP contribution < -0.4 is 5.32 Å². The fraction of sp³-hybridized carbons (Fsp3) is 0.353. The Kier molecular flexibility index (Phi) is 5.17. The highest BCUT2D eigenvalue weighted by Crippen LogP contribution is 2.19. The van der Waals surface area contributed by atoms with E-state index in [1.807, 2.05) is 32.0 Å². The van der Waals surface area contributed by atoms with Crippen molar-refractivity contribution in [2.24, 2.45) is 0 Å². The Morgan fingerprint density at radius 3 is 2.92 bits per heavy atom. The maximum absolute atomic E-state index is 12.1. The molecule has 1 N–H and O–H groups in total. The van der Waals surface area contributed by atoms with Crippen molar-refractivity contribution in [3.05, 3.63) is 54.5 Å². The van der Waals surface area contributed by atoms with Crippen LogP contribution in [0.3, 0.4) is 0 Å². The number of pyridine rings is 1. The van der Waals surface area contributed by atoms with Crippen molar-refractivity contribution in [3.63, 3.8) is 0 Å². The molecule has 0 aliphatic rings. The van der Waals surface area contributed by atoms with Crippen LogP contribution in [0.2, 0.25) is 0 Å². The Hall–Kier alpha value is -3.03. The van der Waals surface area contributed by atoms with Crippen LogP contribution in [0.5, 0.6) is 0 Å². The maximum atomic E-state index is 12.1. The molecule has 0 bridgehead atoms. The minimum Gasteiger partial charge on any atom is -0.349 e. The summed E-state index contributed by atoms with van der Waals surface area (Å²) in [7, 11) is 0. The predicted molar refractivity (Wildman–Crippen MR) is 91.9 cm³/mol. The van der Waals surface area contributed by atoms with Gasteiger partial charge >= 0.3 is 0 Å². The normalized spacial score (nSPS) is 12.1. The molecule has 1 atom stereocenters. The van der Waals surface area contributed by atoms with Crippen molar-refractivity contribution in [2.45, 2.75) is 39.3 Å². The molecule has 0 saturated heterocycles. The van der Waals surface area contributed by atoms with E-state index in [4.69, 9.17) is 0 Å². The molecule has 3 rings (SSSR count). The third kappa shape index (κ3) is 4.09. The molecule has 8 nitrogen and oxygen atoms in total. The van der Waals surface area contributed by atoms with E-state index in [9.17, 15) is 4.79 Å². The average Bonchev–Trinajstić information content (AvgIpc) is 3.25. The van der Waals surface area contributed by atoms with Crippen LogP contribution in [-0.2, 0) is 11.3 Å². The molecule has 130 valence electrons. The van der Waals surface area contributed by atoms with Gasteiger partial charge in [0.15, 0.2) is 5.82 Å². The summed E-state index contributed by atoms with van der Waals surface area (Å²) in [4.78, 5) is 20.3. The minimum atomic E-state index is -0.115. The molecule has 3 aromatic rings. The smallest absolute Gasteiger partial charge is 0.220 e. The molecule has 0 saturated carbocycles. The molecule has 0 spiro atoms. The van der Waals surface area contributed by atoms with Crippen molar-refractivity contribution >= 4 is 5.91 Å². The molecule has 0 aromatic carbocycles. The molecule has 8 heteroatoms. The first-order valence-corrected chi connectivity index (χ1v) is 8.23. The second-order valence-electron chi connectivity index (χ2n) is 5.84. The molecule has 0 aliphatic carbocycles. The van der Waals surface area contributed by atoms with Crippen LogP contribution in [0, 0.1) is 6.92 Å². The number of hydrogen-bond donors (Lipinski definition) is 1. The maximum Gasteiger partial charge on any atom is 0.220 e. The van der Waals surface area contributed by atoms with E-state index in [-0.39, 0.29) is 11.9 Å². The third-order valence-corrected chi connectivity index (χ3v) is 4.02. The summed E-state index contributed by atoms with van der Waals surface area (Å²) in [6.07, 6.45) is 7.81. The van der Waals surface area contributed by atoms with Gasteiger partial charge in [-0.2, -0.15) is 10.2 Å². The van der Waals surface area contributed by atoms with E-state index in [1.165, 1.54) is 6.33 Å². The summed E-state index contributed by atoms with van der Waals surface area (Å²) in [6, 6.07) is 5.57. The number of carbonyl (C=O) groups excluding carboxylic acids is 1. The summed E-state index contributed by atoms with van der Waals surface area (Å²) < 4.78 is 3.50. The van der Waals surface area contributed by atoms with E-state index >= 15 is 0 Å². The highest BCUT2D eigenvalue weighted by Gasteiger charge is 2.16. The molecule has 0 radical (unpaired) electrons. The van der Waals surface area contributed by atoms with Crippen LogP contribution in [0.1, 0.15) is 37.1 Å². The van der Waals surface area contributed by atoms with E-state index in [0.717, 1.165) is 17.1 Å². The molecule has 3 aromatic heterocycles. The van der Waals surface area contributed by atoms with Gasteiger partial charge in [0.05, 0.1) is 12.2 Å². The molecule has 0 fully saturated rings. The zero-order valence-electron chi connectivity index (χ0n) is 14.3. The summed E-state index contributed by atoms with van der Waals surface area (Å²) in [5, 5.41) is 11.4. The zero-order chi connectivity index (χ0) is 17.6. The summed E-state index contributed by atoms with van der Waals surface area (Å²) in [5.74, 6) is 0.773. The number of rotatable bonds is 7. The molecular weight excluding hydrogens is 318 g/mol. The largest absolute Gasteiger partial charge is 0.349 e. The van der Waals surface area contributed by atoms with E-state index < -0.39 is 0 Å². The monoisotopic (exact) mass is 339 g/mol. The Morgan fingerprint density at radius 1 is 1.32 bits per heavy atom. The van der Waals surface area contributed by atoms with Crippen LogP contribution >= 0.6 is 0 Å². The van der Waals surface area contributed by atoms with Gasteiger partial charge < -0.3 is 5.32 Å². The highest BCUT2D eigenvalue weighted by molar-refractivity contribution is 5.76. The van der Waals surface area contributed by atoms with Gasteiger partial charge in [-0.25, -0.2) is 14.6 Å². The van der Waals surface area contributed by atoms with Crippen LogP contribution in [0.4, 0.5) is 0 Å². The van der Waals surface area contributed by atoms with E-state index in [0.29, 0.717) is 19.4 Å². The lowest BCUT2D eigenvalue weighted by Gasteiger charge is -2.14. The predicted octanol–water partition coefficient (Wildman–Crippen LogP) is 1.82. The Labute approximate surface area is 145 Å². The van der Waals surface area contributed by atoms with Crippen molar-refractivity contribution in [3.8, 4) is 5.82 Å². The Bertz CT molecular complexity index is 811.